The zero-order valence-electron chi connectivity index (χ0n) is 21.7. The van der Waals surface area contributed by atoms with Gasteiger partial charge in [0.15, 0.2) is 0 Å². The fourth-order valence-electron chi connectivity index (χ4n) is 5.75. The van der Waals surface area contributed by atoms with Crippen molar-refractivity contribution in [2.24, 2.45) is 5.41 Å². The molecule has 0 radical (unpaired) electrons. The molecule has 0 bridgehead atoms. The fourth-order valence-corrected chi connectivity index (χ4v) is 5.75. The zero-order valence-corrected chi connectivity index (χ0v) is 21.7. The molecule has 0 aromatic heterocycles. The second kappa shape index (κ2) is 12.9. The van der Waals surface area contributed by atoms with Gasteiger partial charge in [-0.15, -0.1) is 0 Å². The second-order valence-electron chi connectivity index (χ2n) is 10.1. The van der Waals surface area contributed by atoms with Crippen LogP contribution < -0.4 is 9.47 Å². The summed E-state index contributed by atoms with van der Waals surface area (Å²) in [5, 5.41) is 14.8. The van der Waals surface area contributed by atoms with Crippen LogP contribution in [0.3, 0.4) is 0 Å². The molecule has 204 valence electrons. The van der Waals surface area contributed by atoms with Gasteiger partial charge in [0.05, 0.1) is 7.11 Å². The molecule has 1 saturated heterocycles. The van der Waals surface area contributed by atoms with E-state index in [9.17, 15) is 9.59 Å². The molecular formula is C27H38N2O8. The van der Waals surface area contributed by atoms with Crippen molar-refractivity contribution < 1.29 is 38.9 Å². The number of methoxy groups -OCH3 is 1. The number of ether oxygens (including phenoxy) is 2. The molecular weight excluding hydrogens is 480 g/mol. The van der Waals surface area contributed by atoms with Crippen molar-refractivity contribution in [2.45, 2.75) is 70.8 Å². The lowest BCUT2D eigenvalue weighted by Gasteiger charge is -2.38. The lowest BCUT2D eigenvalue weighted by molar-refractivity contribution is -0.159. The molecule has 1 aromatic carbocycles. The van der Waals surface area contributed by atoms with E-state index in [1.54, 1.807) is 7.11 Å². The van der Waals surface area contributed by atoms with Gasteiger partial charge in [0, 0.05) is 37.5 Å². The maximum Gasteiger partial charge on any atom is 0.414 e. The quantitative estimate of drug-likeness (QED) is 0.393. The highest BCUT2D eigenvalue weighted by Crippen LogP contribution is 2.46. The Bertz CT molecular complexity index is 942. The fraction of sp³-hybridized carbons (Fsp3) is 0.630. The first-order valence-electron chi connectivity index (χ1n) is 13.0. The first-order valence-corrected chi connectivity index (χ1v) is 13.0. The van der Waals surface area contributed by atoms with Crippen LogP contribution in [-0.4, -0.2) is 83.2 Å². The highest BCUT2D eigenvalue weighted by molar-refractivity contribution is 6.27. The van der Waals surface area contributed by atoms with E-state index in [0.717, 1.165) is 75.1 Å². The normalized spacial score (nSPS) is 20.2. The van der Waals surface area contributed by atoms with Crippen LogP contribution in [0.5, 0.6) is 11.5 Å². The van der Waals surface area contributed by atoms with E-state index < -0.39 is 11.9 Å². The SMILES string of the molecule is CCCN(CCCN1C(=O)CC2(CCCC2)CC1=O)C1COc2cccc(OC)c2C1.O=C(O)C(=O)O. The maximum atomic E-state index is 12.7. The first kappa shape index (κ1) is 28.4. The number of likely N-dealkylation sites (tertiary alicyclic amines) is 1. The number of fused-ring (bicyclic) bond motifs is 1. The van der Waals surface area contributed by atoms with Crippen molar-refractivity contribution in [3.05, 3.63) is 23.8 Å². The Morgan fingerprint density at radius 2 is 1.76 bits per heavy atom. The molecule has 3 aliphatic rings. The molecule has 2 fully saturated rings. The Labute approximate surface area is 217 Å². The molecule has 1 atom stereocenters. The molecule has 10 nitrogen and oxygen atoms in total. The summed E-state index contributed by atoms with van der Waals surface area (Å²) in [6, 6.07) is 6.23. The number of carboxylic acids is 2. The summed E-state index contributed by atoms with van der Waals surface area (Å²) in [4.78, 5) is 47.7. The van der Waals surface area contributed by atoms with Gasteiger partial charge in [-0.2, -0.15) is 0 Å². The van der Waals surface area contributed by atoms with Crippen molar-refractivity contribution in [1.29, 1.82) is 0 Å². The van der Waals surface area contributed by atoms with Gasteiger partial charge in [0.25, 0.3) is 0 Å². The number of carbonyl (C=O) groups excluding carboxylic acids is 2. The maximum absolute atomic E-state index is 12.7. The predicted molar refractivity (Wildman–Crippen MR) is 135 cm³/mol. The number of aliphatic carboxylic acids is 2. The van der Waals surface area contributed by atoms with Crippen LogP contribution in [0.15, 0.2) is 18.2 Å². The molecule has 2 heterocycles. The first-order chi connectivity index (χ1) is 17.7. The molecule has 10 heteroatoms. The molecule has 2 amide bonds. The lowest BCUT2D eigenvalue weighted by Crippen LogP contribution is -2.49. The minimum atomic E-state index is -1.82. The van der Waals surface area contributed by atoms with Gasteiger partial charge in [0.2, 0.25) is 11.8 Å². The summed E-state index contributed by atoms with van der Waals surface area (Å²) in [6.45, 7) is 5.20. The minimum absolute atomic E-state index is 0.0230. The van der Waals surface area contributed by atoms with Gasteiger partial charge < -0.3 is 19.7 Å². The number of piperidine rings is 1. The summed E-state index contributed by atoms with van der Waals surface area (Å²) in [6.07, 6.45) is 8.26. The monoisotopic (exact) mass is 518 g/mol. The van der Waals surface area contributed by atoms with Crippen LogP contribution in [0.2, 0.25) is 0 Å². The average molecular weight is 519 g/mol. The summed E-state index contributed by atoms with van der Waals surface area (Å²) in [5.41, 5.74) is 1.11. The Balaban J connectivity index is 0.000000568. The van der Waals surface area contributed by atoms with Crippen LogP contribution in [0.25, 0.3) is 0 Å². The molecule has 4 rings (SSSR count). The number of rotatable bonds is 8. The molecule has 1 unspecified atom stereocenters. The van der Waals surface area contributed by atoms with Gasteiger partial charge in [0.1, 0.15) is 18.1 Å². The van der Waals surface area contributed by atoms with Gasteiger partial charge in [-0.05, 0) is 56.2 Å². The summed E-state index contributed by atoms with van der Waals surface area (Å²) in [5.74, 6) is -1.77. The van der Waals surface area contributed by atoms with E-state index in [4.69, 9.17) is 29.3 Å². The molecule has 1 aliphatic carbocycles. The Morgan fingerprint density at radius 1 is 1.11 bits per heavy atom. The largest absolute Gasteiger partial charge is 0.496 e. The molecule has 37 heavy (non-hydrogen) atoms. The number of hydrogen-bond acceptors (Lipinski definition) is 7. The molecule has 2 aliphatic heterocycles. The molecule has 1 spiro atoms. The highest BCUT2D eigenvalue weighted by Gasteiger charge is 2.44. The van der Waals surface area contributed by atoms with Crippen molar-refractivity contribution >= 4 is 23.8 Å². The average Bonchev–Trinajstić information content (AvgIpc) is 3.31. The van der Waals surface area contributed by atoms with Crippen LogP contribution in [0, 0.1) is 5.41 Å². The van der Waals surface area contributed by atoms with Crippen LogP contribution in [0.4, 0.5) is 0 Å². The van der Waals surface area contributed by atoms with E-state index >= 15 is 0 Å². The predicted octanol–water partition coefficient (Wildman–Crippen LogP) is 2.97. The summed E-state index contributed by atoms with van der Waals surface area (Å²) < 4.78 is 11.6. The number of amides is 2. The van der Waals surface area contributed by atoms with Gasteiger partial charge in [-0.1, -0.05) is 25.8 Å². The topological polar surface area (TPSA) is 134 Å². The number of carboxylic acid groups (broad SMARTS) is 2. The van der Waals surface area contributed by atoms with E-state index in [2.05, 4.69) is 11.8 Å². The van der Waals surface area contributed by atoms with E-state index in [-0.39, 0.29) is 23.3 Å². The molecule has 1 aromatic rings. The number of carbonyl (C=O) groups is 4. The minimum Gasteiger partial charge on any atom is -0.496 e. The van der Waals surface area contributed by atoms with E-state index in [1.807, 2.05) is 18.2 Å². The Kier molecular flexibility index (Phi) is 9.91. The number of nitrogens with zero attached hydrogens (tertiary/aromatic N) is 2. The van der Waals surface area contributed by atoms with Gasteiger partial charge in [-0.3, -0.25) is 19.4 Å². The standard InChI is InChI=1S/C25H36N2O4.C2H2O4/c1-3-12-26(19-15-20-21(30-2)8-6-9-22(20)31-18-19)13-7-14-27-23(28)16-25(17-24(27)29)10-4-5-11-25;3-1(4)2(5)6/h6,8-9,19H,3-5,7,10-18H2,1-2H3;(H,3,4)(H,5,6). The lowest BCUT2D eigenvalue weighted by atomic mass is 9.76. The smallest absolute Gasteiger partial charge is 0.414 e. The molecule has 2 N–H and O–H groups in total. The van der Waals surface area contributed by atoms with E-state index in [0.29, 0.717) is 26.0 Å². The van der Waals surface area contributed by atoms with Crippen LogP contribution in [-0.2, 0) is 25.6 Å². The number of hydrogen-bond donors (Lipinski definition) is 2. The van der Waals surface area contributed by atoms with Crippen molar-refractivity contribution in [3.63, 3.8) is 0 Å². The number of benzene rings is 1. The summed E-state index contributed by atoms with van der Waals surface area (Å²) in [7, 11) is 1.70. The van der Waals surface area contributed by atoms with Gasteiger partial charge in [-0.25, -0.2) is 9.59 Å². The molecule has 1 saturated carbocycles. The third kappa shape index (κ3) is 7.21. The third-order valence-electron chi connectivity index (χ3n) is 7.54. The Morgan fingerprint density at radius 3 is 2.32 bits per heavy atom. The zero-order chi connectivity index (χ0) is 27.0. The van der Waals surface area contributed by atoms with E-state index in [1.165, 1.54) is 4.90 Å². The van der Waals surface area contributed by atoms with Crippen molar-refractivity contribution in [2.75, 3.05) is 33.4 Å². The van der Waals surface area contributed by atoms with Crippen LogP contribution in [0.1, 0.15) is 63.9 Å². The summed E-state index contributed by atoms with van der Waals surface area (Å²) >= 11 is 0. The van der Waals surface area contributed by atoms with Crippen molar-refractivity contribution in [1.82, 2.24) is 9.80 Å². The second-order valence-corrected chi connectivity index (χ2v) is 10.1. The number of imide groups is 1. The Hall–Kier alpha value is -3.14. The van der Waals surface area contributed by atoms with Gasteiger partial charge >= 0.3 is 11.9 Å². The highest BCUT2D eigenvalue weighted by atomic mass is 16.5. The van der Waals surface area contributed by atoms with Crippen molar-refractivity contribution in [3.8, 4) is 11.5 Å². The van der Waals surface area contributed by atoms with Crippen LogP contribution >= 0.6 is 0 Å². The third-order valence-corrected chi connectivity index (χ3v) is 7.54.